The monoisotopic (exact) mass is 497 g/mol. The van der Waals surface area contributed by atoms with Crippen LogP contribution in [0.3, 0.4) is 0 Å². The van der Waals surface area contributed by atoms with Crippen LogP contribution in [-0.2, 0) is 27.2 Å². The Morgan fingerprint density at radius 1 is 0.946 bits per heavy atom. The Morgan fingerprint density at radius 3 is 2.46 bits per heavy atom. The van der Waals surface area contributed by atoms with Crippen molar-refractivity contribution < 1.29 is 29.3 Å². The number of nitrogens with zero attached hydrogens (tertiary/aromatic N) is 1. The number of hydrogen-bond acceptors (Lipinski definition) is 6. The zero-order chi connectivity index (χ0) is 26.1. The molecule has 5 rings (SSSR count). The van der Waals surface area contributed by atoms with Crippen molar-refractivity contribution in [2.75, 3.05) is 11.5 Å². The van der Waals surface area contributed by atoms with Gasteiger partial charge in [-0.2, -0.15) is 0 Å². The lowest BCUT2D eigenvalue weighted by molar-refractivity contribution is -0.132. The van der Waals surface area contributed by atoms with Gasteiger partial charge in [0.2, 0.25) is 0 Å². The summed E-state index contributed by atoms with van der Waals surface area (Å²) < 4.78 is 5.09. The van der Waals surface area contributed by atoms with Crippen molar-refractivity contribution in [3.05, 3.63) is 100 Å². The van der Waals surface area contributed by atoms with E-state index in [0.29, 0.717) is 16.8 Å². The van der Waals surface area contributed by atoms with Crippen molar-refractivity contribution in [1.29, 1.82) is 0 Å². The fourth-order valence-electron chi connectivity index (χ4n) is 5.14. The van der Waals surface area contributed by atoms with E-state index < -0.39 is 23.7 Å². The molecule has 1 saturated heterocycles. The van der Waals surface area contributed by atoms with Crippen LogP contribution < -0.4 is 4.90 Å². The van der Waals surface area contributed by atoms with Gasteiger partial charge >= 0.3 is 5.97 Å². The zero-order valence-corrected chi connectivity index (χ0v) is 20.4. The maximum atomic E-state index is 13.4. The lowest BCUT2D eigenvalue weighted by Gasteiger charge is -2.26. The molecule has 1 amide bonds. The number of ketones is 1. The highest BCUT2D eigenvalue weighted by molar-refractivity contribution is 6.51. The van der Waals surface area contributed by atoms with Crippen molar-refractivity contribution in [3.8, 4) is 5.75 Å². The standard InChI is InChI=1S/C30H27NO6/c1-2-37-30(36)22-10-5-11-23(16-22)31-26(20-9-6-12-24(32)17-20)25(28(34)29(31)35)27(33)21-14-13-18-7-3-4-8-19(18)15-21/h5-6,9-17,26,32-33H,2-4,7-8H2,1H3/b27-25-. The van der Waals surface area contributed by atoms with E-state index in [9.17, 15) is 24.6 Å². The molecule has 0 aromatic heterocycles. The van der Waals surface area contributed by atoms with Gasteiger partial charge in [0.25, 0.3) is 11.7 Å². The van der Waals surface area contributed by atoms with Gasteiger partial charge in [-0.1, -0.05) is 30.3 Å². The SMILES string of the molecule is CCOC(=O)c1cccc(N2C(=O)C(=O)/C(=C(\O)c3ccc4c(c3)CCCC4)C2c2cccc(O)c2)c1. The third-order valence-electron chi connectivity index (χ3n) is 6.89. The molecule has 1 aliphatic heterocycles. The number of aryl methyl sites for hydroxylation is 2. The summed E-state index contributed by atoms with van der Waals surface area (Å²) >= 11 is 0. The molecule has 188 valence electrons. The molecule has 3 aromatic rings. The fraction of sp³-hybridized carbons (Fsp3) is 0.233. The smallest absolute Gasteiger partial charge is 0.338 e. The number of phenolic OH excluding ortho intramolecular Hbond substituents is 1. The highest BCUT2D eigenvalue weighted by Crippen LogP contribution is 2.43. The van der Waals surface area contributed by atoms with Gasteiger partial charge in [0.15, 0.2) is 0 Å². The van der Waals surface area contributed by atoms with E-state index in [-0.39, 0.29) is 29.3 Å². The average molecular weight is 498 g/mol. The molecule has 0 bridgehead atoms. The van der Waals surface area contributed by atoms with Gasteiger partial charge in [-0.05, 0) is 85.7 Å². The molecular weight excluding hydrogens is 470 g/mol. The number of anilines is 1. The van der Waals surface area contributed by atoms with Crippen LogP contribution in [0.2, 0.25) is 0 Å². The number of aliphatic hydroxyl groups is 1. The molecule has 37 heavy (non-hydrogen) atoms. The van der Waals surface area contributed by atoms with E-state index in [1.165, 1.54) is 28.7 Å². The number of fused-ring (bicyclic) bond motifs is 1. The van der Waals surface area contributed by atoms with Gasteiger partial charge < -0.3 is 14.9 Å². The summed E-state index contributed by atoms with van der Waals surface area (Å²) in [5.74, 6) is -2.55. The van der Waals surface area contributed by atoms with E-state index in [0.717, 1.165) is 31.2 Å². The Kier molecular flexibility index (Phi) is 6.53. The van der Waals surface area contributed by atoms with Gasteiger partial charge in [-0.15, -0.1) is 0 Å². The first-order chi connectivity index (χ1) is 17.9. The number of rotatable bonds is 5. The number of aromatic hydroxyl groups is 1. The van der Waals surface area contributed by atoms with E-state index in [4.69, 9.17) is 4.74 Å². The number of ether oxygens (including phenoxy) is 1. The number of phenols is 1. The molecule has 7 nitrogen and oxygen atoms in total. The van der Waals surface area contributed by atoms with Crippen LogP contribution >= 0.6 is 0 Å². The molecule has 1 heterocycles. The van der Waals surface area contributed by atoms with Crippen LogP contribution in [0.25, 0.3) is 5.76 Å². The van der Waals surface area contributed by atoms with E-state index in [2.05, 4.69) is 0 Å². The molecular formula is C30H27NO6. The topological polar surface area (TPSA) is 104 Å². The second-order valence-corrected chi connectivity index (χ2v) is 9.23. The first-order valence-corrected chi connectivity index (χ1v) is 12.4. The van der Waals surface area contributed by atoms with Gasteiger partial charge in [-0.25, -0.2) is 4.79 Å². The van der Waals surface area contributed by atoms with Gasteiger partial charge in [0.05, 0.1) is 23.8 Å². The second-order valence-electron chi connectivity index (χ2n) is 9.23. The molecule has 1 aliphatic carbocycles. The number of hydrogen-bond donors (Lipinski definition) is 2. The molecule has 2 aliphatic rings. The Morgan fingerprint density at radius 2 is 1.70 bits per heavy atom. The van der Waals surface area contributed by atoms with Crippen LogP contribution in [0.5, 0.6) is 5.75 Å². The van der Waals surface area contributed by atoms with Crippen LogP contribution in [0.1, 0.15) is 58.4 Å². The largest absolute Gasteiger partial charge is 0.508 e. The minimum Gasteiger partial charge on any atom is -0.508 e. The Bertz CT molecular complexity index is 1440. The maximum Gasteiger partial charge on any atom is 0.338 e. The van der Waals surface area contributed by atoms with Crippen molar-refractivity contribution in [2.24, 2.45) is 0 Å². The molecule has 0 saturated carbocycles. The summed E-state index contributed by atoms with van der Waals surface area (Å²) in [6.45, 7) is 1.89. The minimum atomic E-state index is -1.01. The Labute approximate surface area is 214 Å². The van der Waals surface area contributed by atoms with Crippen LogP contribution in [0, 0.1) is 0 Å². The van der Waals surface area contributed by atoms with E-state index in [1.807, 2.05) is 12.1 Å². The number of esters is 1. The Balaban J connectivity index is 1.67. The molecule has 0 radical (unpaired) electrons. The summed E-state index contributed by atoms with van der Waals surface area (Å²) in [5.41, 5.74) is 3.71. The van der Waals surface area contributed by atoms with Crippen LogP contribution in [-0.4, -0.2) is 34.5 Å². The fourth-order valence-corrected chi connectivity index (χ4v) is 5.14. The molecule has 1 atom stereocenters. The highest BCUT2D eigenvalue weighted by Gasteiger charge is 2.47. The number of carbonyl (C=O) groups is 3. The summed E-state index contributed by atoms with van der Waals surface area (Å²) in [6, 6.07) is 17.1. The zero-order valence-electron chi connectivity index (χ0n) is 20.4. The lowest BCUT2D eigenvalue weighted by Crippen LogP contribution is -2.29. The molecule has 0 spiro atoms. The highest BCUT2D eigenvalue weighted by atomic mass is 16.5. The van der Waals surface area contributed by atoms with Gasteiger partial charge in [-0.3, -0.25) is 14.5 Å². The lowest BCUT2D eigenvalue weighted by atomic mass is 9.88. The summed E-state index contributed by atoms with van der Waals surface area (Å²) in [6.07, 6.45) is 4.04. The van der Waals surface area contributed by atoms with Crippen molar-refractivity contribution >= 4 is 29.1 Å². The number of carbonyl (C=O) groups excluding carboxylic acids is 3. The molecule has 1 unspecified atom stereocenters. The van der Waals surface area contributed by atoms with Crippen molar-refractivity contribution in [1.82, 2.24) is 0 Å². The third-order valence-corrected chi connectivity index (χ3v) is 6.89. The quantitative estimate of drug-likeness (QED) is 0.221. The Hall–Kier alpha value is -4.39. The second kappa shape index (κ2) is 9.93. The maximum absolute atomic E-state index is 13.4. The van der Waals surface area contributed by atoms with Gasteiger partial charge in [0, 0.05) is 11.3 Å². The summed E-state index contributed by atoms with van der Waals surface area (Å²) in [5, 5.41) is 21.6. The minimum absolute atomic E-state index is 0.0443. The van der Waals surface area contributed by atoms with Crippen molar-refractivity contribution in [2.45, 2.75) is 38.6 Å². The van der Waals surface area contributed by atoms with Crippen molar-refractivity contribution in [3.63, 3.8) is 0 Å². The molecule has 2 N–H and O–H groups in total. The first kappa shape index (κ1) is 24.3. The summed E-state index contributed by atoms with van der Waals surface area (Å²) in [4.78, 5) is 40.4. The number of Topliss-reactive ketones (excluding diaryl/α,β-unsaturated/α-hetero) is 1. The third kappa shape index (κ3) is 4.48. The predicted octanol–water partition coefficient (Wildman–Crippen LogP) is 5.07. The predicted molar refractivity (Wildman–Crippen MR) is 138 cm³/mol. The normalized spacial score (nSPS) is 18.5. The van der Waals surface area contributed by atoms with Crippen LogP contribution in [0.15, 0.2) is 72.3 Å². The first-order valence-electron chi connectivity index (χ1n) is 12.4. The number of amides is 1. The van der Waals surface area contributed by atoms with Gasteiger partial charge in [0.1, 0.15) is 11.5 Å². The average Bonchev–Trinajstić information content (AvgIpc) is 3.18. The summed E-state index contributed by atoms with van der Waals surface area (Å²) in [7, 11) is 0. The number of aliphatic hydroxyl groups excluding tert-OH is 1. The van der Waals surface area contributed by atoms with E-state index in [1.54, 1.807) is 43.3 Å². The van der Waals surface area contributed by atoms with E-state index >= 15 is 0 Å². The molecule has 1 fully saturated rings. The molecule has 7 heteroatoms. The number of benzene rings is 3. The molecule has 3 aromatic carbocycles. The van der Waals surface area contributed by atoms with Crippen LogP contribution in [0.4, 0.5) is 5.69 Å².